The number of benzene rings is 2. The van der Waals surface area contributed by atoms with Gasteiger partial charge in [0.1, 0.15) is 0 Å². The van der Waals surface area contributed by atoms with Crippen LogP contribution in [0, 0.1) is 0 Å². The Balaban J connectivity index is 1.61. The first-order valence-electron chi connectivity index (χ1n) is 9.15. The number of likely N-dealkylation sites (N-methyl/N-ethyl adjacent to an activating group) is 1. The third-order valence-electron chi connectivity index (χ3n) is 4.43. The van der Waals surface area contributed by atoms with Gasteiger partial charge in [-0.15, -0.1) is 0 Å². The van der Waals surface area contributed by atoms with Gasteiger partial charge in [-0.05, 0) is 30.8 Å². The summed E-state index contributed by atoms with van der Waals surface area (Å²) in [6.45, 7) is 2.31. The van der Waals surface area contributed by atoms with E-state index < -0.39 is 10.0 Å². The molecule has 1 amide bonds. The van der Waals surface area contributed by atoms with Crippen molar-refractivity contribution in [2.24, 2.45) is 0 Å². The van der Waals surface area contributed by atoms with Crippen LogP contribution in [0.3, 0.4) is 0 Å². The number of nitrogens with one attached hydrogen (secondary N) is 1. The van der Waals surface area contributed by atoms with Gasteiger partial charge >= 0.3 is 0 Å². The Bertz CT molecular complexity index is 897. The van der Waals surface area contributed by atoms with Gasteiger partial charge in [-0.2, -0.15) is 4.31 Å². The molecular formula is C20H25N3O4S. The topological polar surface area (TPSA) is 79.0 Å². The Kier molecular flexibility index (Phi) is 6.79. The van der Waals surface area contributed by atoms with Crippen LogP contribution < -0.4 is 5.32 Å². The Morgan fingerprint density at radius 3 is 2.54 bits per heavy atom. The molecule has 1 fully saturated rings. The van der Waals surface area contributed by atoms with Crippen molar-refractivity contribution in [1.29, 1.82) is 0 Å². The first-order chi connectivity index (χ1) is 13.4. The van der Waals surface area contributed by atoms with E-state index in [2.05, 4.69) is 5.32 Å². The van der Waals surface area contributed by atoms with Crippen molar-refractivity contribution < 1.29 is 17.9 Å². The maximum Gasteiger partial charge on any atom is 0.243 e. The second kappa shape index (κ2) is 9.29. The molecule has 1 heterocycles. The summed E-state index contributed by atoms with van der Waals surface area (Å²) >= 11 is 0. The van der Waals surface area contributed by atoms with Crippen LogP contribution in [0.25, 0.3) is 0 Å². The molecular weight excluding hydrogens is 378 g/mol. The van der Waals surface area contributed by atoms with Crippen LogP contribution in [0.1, 0.15) is 5.56 Å². The number of rotatable bonds is 7. The second-order valence-electron chi connectivity index (χ2n) is 6.75. The van der Waals surface area contributed by atoms with Gasteiger partial charge in [0.05, 0.1) is 24.7 Å². The van der Waals surface area contributed by atoms with Gasteiger partial charge in [0, 0.05) is 25.3 Å². The summed E-state index contributed by atoms with van der Waals surface area (Å²) in [5.74, 6) is -0.195. The predicted octanol–water partition coefficient (Wildman–Crippen LogP) is 1.78. The quantitative estimate of drug-likeness (QED) is 0.762. The summed E-state index contributed by atoms with van der Waals surface area (Å²) in [5, 5.41) is 2.79. The van der Waals surface area contributed by atoms with Crippen molar-refractivity contribution >= 4 is 21.6 Å². The number of anilines is 1. The molecule has 0 saturated carbocycles. The van der Waals surface area contributed by atoms with E-state index in [0.717, 1.165) is 5.56 Å². The predicted molar refractivity (Wildman–Crippen MR) is 107 cm³/mol. The normalized spacial score (nSPS) is 15.5. The van der Waals surface area contributed by atoms with E-state index >= 15 is 0 Å². The van der Waals surface area contributed by atoms with Gasteiger partial charge < -0.3 is 10.1 Å². The first-order valence-corrected chi connectivity index (χ1v) is 10.6. The molecule has 1 saturated heterocycles. The molecule has 1 N–H and O–H groups in total. The maximum atomic E-state index is 12.8. The first kappa shape index (κ1) is 20.5. The molecule has 0 aliphatic carbocycles. The minimum Gasteiger partial charge on any atom is -0.379 e. The molecule has 0 atom stereocenters. The summed E-state index contributed by atoms with van der Waals surface area (Å²) in [4.78, 5) is 14.4. The van der Waals surface area contributed by atoms with E-state index in [1.807, 2.05) is 42.3 Å². The van der Waals surface area contributed by atoms with E-state index in [0.29, 0.717) is 38.5 Å². The fraction of sp³-hybridized carbons (Fsp3) is 0.350. The van der Waals surface area contributed by atoms with Crippen LogP contribution in [0.4, 0.5) is 5.69 Å². The fourth-order valence-electron chi connectivity index (χ4n) is 3.07. The van der Waals surface area contributed by atoms with E-state index in [4.69, 9.17) is 4.74 Å². The molecule has 8 heteroatoms. The SMILES string of the molecule is CN(CC(=O)Nc1cccc(S(=O)(=O)N2CCOCC2)c1)Cc1ccccc1. The summed E-state index contributed by atoms with van der Waals surface area (Å²) in [5.41, 5.74) is 1.59. The summed E-state index contributed by atoms with van der Waals surface area (Å²) in [6.07, 6.45) is 0. The molecule has 0 radical (unpaired) electrons. The van der Waals surface area contributed by atoms with E-state index in [1.165, 1.54) is 10.4 Å². The van der Waals surface area contributed by atoms with Crippen LogP contribution in [0.2, 0.25) is 0 Å². The molecule has 28 heavy (non-hydrogen) atoms. The number of sulfonamides is 1. The molecule has 2 aromatic carbocycles. The van der Waals surface area contributed by atoms with E-state index in [1.54, 1.807) is 18.2 Å². The highest BCUT2D eigenvalue weighted by atomic mass is 32.2. The van der Waals surface area contributed by atoms with E-state index in [9.17, 15) is 13.2 Å². The lowest BCUT2D eigenvalue weighted by Gasteiger charge is -2.26. The number of carbonyl (C=O) groups excluding carboxylic acids is 1. The third kappa shape index (κ3) is 5.39. The highest BCUT2D eigenvalue weighted by Gasteiger charge is 2.26. The standard InChI is InChI=1S/C20H25N3O4S/c1-22(15-17-6-3-2-4-7-17)16-20(24)21-18-8-5-9-19(14-18)28(25,26)23-10-12-27-13-11-23/h2-9,14H,10-13,15-16H2,1H3,(H,21,24). The van der Waals surface area contributed by atoms with Crippen molar-refractivity contribution in [3.05, 3.63) is 60.2 Å². The smallest absolute Gasteiger partial charge is 0.243 e. The number of carbonyl (C=O) groups is 1. The average Bonchev–Trinajstić information content (AvgIpc) is 2.69. The second-order valence-corrected chi connectivity index (χ2v) is 8.69. The molecule has 2 aromatic rings. The van der Waals surface area contributed by atoms with Gasteiger partial charge in [0.25, 0.3) is 0 Å². The van der Waals surface area contributed by atoms with Gasteiger partial charge in [-0.3, -0.25) is 9.69 Å². The molecule has 0 aromatic heterocycles. The number of amides is 1. The lowest BCUT2D eigenvalue weighted by molar-refractivity contribution is -0.117. The number of hydrogen-bond acceptors (Lipinski definition) is 5. The minimum atomic E-state index is -3.59. The summed E-state index contributed by atoms with van der Waals surface area (Å²) < 4.78 is 32.1. The van der Waals surface area contributed by atoms with Gasteiger partial charge in [-0.25, -0.2) is 8.42 Å². The highest BCUT2D eigenvalue weighted by molar-refractivity contribution is 7.89. The van der Waals surface area contributed by atoms with Gasteiger partial charge in [0.2, 0.25) is 15.9 Å². The number of nitrogens with zero attached hydrogens (tertiary/aromatic N) is 2. The van der Waals surface area contributed by atoms with Crippen LogP contribution in [0.15, 0.2) is 59.5 Å². The van der Waals surface area contributed by atoms with Crippen LogP contribution in [0.5, 0.6) is 0 Å². The van der Waals surface area contributed by atoms with Crippen molar-refractivity contribution in [2.75, 3.05) is 45.2 Å². The molecule has 7 nitrogen and oxygen atoms in total. The minimum absolute atomic E-state index is 0.171. The van der Waals surface area contributed by atoms with Gasteiger partial charge in [-0.1, -0.05) is 36.4 Å². The fourth-order valence-corrected chi connectivity index (χ4v) is 4.52. The van der Waals surface area contributed by atoms with Crippen LogP contribution >= 0.6 is 0 Å². The lowest BCUT2D eigenvalue weighted by Crippen LogP contribution is -2.40. The van der Waals surface area contributed by atoms with E-state index in [-0.39, 0.29) is 17.3 Å². The summed E-state index contributed by atoms with van der Waals surface area (Å²) in [7, 11) is -1.73. The molecule has 150 valence electrons. The Labute approximate surface area is 166 Å². The monoisotopic (exact) mass is 403 g/mol. The third-order valence-corrected chi connectivity index (χ3v) is 6.33. The molecule has 1 aliphatic heterocycles. The van der Waals surface area contributed by atoms with Crippen LogP contribution in [-0.2, 0) is 26.1 Å². The average molecular weight is 404 g/mol. The zero-order valence-corrected chi connectivity index (χ0v) is 16.7. The molecule has 3 rings (SSSR count). The Morgan fingerprint density at radius 2 is 1.82 bits per heavy atom. The highest BCUT2D eigenvalue weighted by Crippen LogP contribution is 2.20. The van der Waals surface area contributed by atoms with Gasteiger partial charge in [0.15, 0.2) is 0 Å². The number of ether oxygens (including phenoxy) is 1. The number of morpholine rings is 1. The van der Waals surface area contributed by atoms with Crippen molar-refractivity contribution in [2.45, 2.75) is 11.4 Å². The number of hydrogen-bond donors (Lipinski definition) is 1. The molecule has 0 bridgehead atoms. The van der Waals surface area contributed by atoms with Crippen molar-refractivity contribution in [3.8, 4) is 0 Å². The van der Waals surface area contributed by atoms with Crippen molar-refractivity contribution in [1.82, 2.24) is 9.21 Å². The van der Waals surface area contributed by atoms with Crippen LogP contribution in [-0.4, -0.2) is 63.4 Å². The molecule has 0 unspecified atom stereocenters. The Hall–Kier alpha value is -2.26. The zero-order valence-electron chi connectivity index (χ0n) is 15.9. The summed E-state index contributed by atoms with van der Waals surface area (Å²) in [6, 6.07) is 16.3. The molecule has 0 spiro atoms. The lowest BCUT2D eigenvalue weighted by atomic mass is 10.2. The zero-order chi connectivity index (χ0) is 20.0. The maximum absolute atomic E-state index is 12.8. The van der Waals surface area contributed by atoms with Crippen molar-refractivity contribution in [3.63, 3.8) is 0 Å². The Morgan fingerprint density at radius 1 is 1.11 bits per heavy atom. The largest absolute Gasteiger partial charge is 0.379 e. The molecule has 1 aliphatic rings.